The molecule has 0 aromatic heterocycles. The summed E-state index contributed by atoms with van der Waals surface area (Å²) in [6, 6.07) is 17.7. The number of guanidine groups is 1. The van der Waals surface area contributed by atoms with Crippen molar-refractivity contribution in [1.29, 1.82) is 0 Å². The van der Waals surface area contributed by atoms with Gasteiger partial charge >= 0.3 is 0 Å². The Balaban J connectivity index is 0.00000320. The number of nitrogens with zero attached hydrogens (tertiary/aromatic N) is 3. The highest BCUT2D eigenvalue weighted by Crippen LogP contribution is 2.18. The minimum absolute atomic E-state index is 0. The number of carbonyl (C=O) groups is 1. The van der Waals surface area contributed by atoms with Gasteiger partial charge in [-0.15, -0.1) is 24.0 Å². The third-order valence-corrected chi connectivity index (χ3v) is 5.06. The fraction of sp³-hybridized carbons (Fsp3) is 0.391. The van der Waals surface area contributed by atoms with Gasteiger partial charge in [-0.3, -0.25) is 9.79 Å². The van der Waals surface area contributed by atoms with Crippen LogP contribution in [-0.2, 0) is 6.54 Å². The Kier molecular flexibility index (Phi) is 9.42. The van der Waals surface area contributed by atoms with Crippen LogP contribution < -0.4 is 10.1 Å². The number of aliphatic imine (C=N–C) groups is 1. The zero-order valence-electron chi connectivity index (χ0n) is 17.9. The number of hydrogen-bond acceptors (Lipinski definition) is 3. The number of benzene rings is 2. The number of piperidine rings is 1. The van der Waals surface area contributed by atoms with Gasteiger partial charge in [0.15, 0.2) is 5.96 Å². The van der Waals surface area contributed by atoms with E-state index in [0.717, 1.165) is 43.2 Å². The molecular weight excluding hydrogens is 491 g/mol. The van der Waals surface area contributed by atoms with Gasteiger partial charge in [0, 0.05) is 59.2 Å². The first kappa shape index (κ1) is 24.0. The molecule has 0 atom stereocenters. The highest BCUT2D eigenvalue weighted by molar-refractivity contribution is 14.0. The molecule has 1 fully saturated rings. The topological polar surface area (TPSA) is 57.2 Å². The van der Waals surface area contributed by atoms with Crippen LogP contribution in [-0.4, -0.2) is 62.0 Å². The molecule has 0 radical (unpaired) electrons. The molecule has 7 heteroatoms. The van der Waals surface area contributed by atoms with Crippen LogP contribution in [0.1, 0.15) is 28.8 Å². The first-order chi connectivity index (χ1) is 14.1. The van der Waals surface area contributed by atoms with Crippen LogP contribution in [0.4, 0.5) is 0 Å². The van der Waals surface area contributed by atoms with Crippen molar-refractivity contribution in [3.8, 4) is 5.75 Å². The van der Waals surface area contributed by atoms with Crippen molar-refractivity contribution < 1.29 is 9.53 Å². The summed E-state index contributed by atoms with van der Waals surface area (Å²) >= 11 is 0. The lowest BCUT2D eigenvalue weighted by atomic mass is 10.1. The number of halogens is 1. The van der Waals surface area contributed by atoms with Gasteiger partial charge in [-0.05, 0) is 29.8 Å². The number of likely N-dealkylation sites (tertiary alicyclic amines) is 1. The predicted molar refractivity (Wildman–Crippen MR) is 132 cm³/mol. The lowest BCUT2D eigenvalue weighted by Gasteiger charge is -2.34. The van der Waals surface area contributed by atoms with Crippen molar-refractivity contribution in [1.82, 2.24) is 15.1 Å². The van der Waals surface area contributed by atoms with E-state index in [9.17, 15) is 4.79 Å². The summed E-state index contributed by atoms with van der Waals surface area (Å²) < 4.78 is 6.08. The van der Waals surface area contributed by atoms with Gasteiger partial charge in [-0.1, -0.05) is 30.3 Å². The molecule has 2 aromatic carbocycles. The van der Waals surface area contributed by atoms with Gasteiger partial charge in [-0.25, -0.2) is 0 Å². The number of ether oxygens (including phenoxy) is 1. The second-order valence-corrected chi connectivity index (χ2v) is 7.41. The third kappa shape index (κ3) is 6.62. The molecular formula is C23H31IN4O2. The minimum atomic E-state index is 0. The highest BCUT2D eigenvalue weighted by atomic mass is 127. The summed E-state index contributed by atoms with van der Waals surface area (Å²) in [7, 11) is 5.33. The molecule has 1 heterocycles. The van der Waals surface area contributed by atoms with Crippen LogP contribution in [0.2, 0.25) is 0 Å². The first-order valence-corrected chi connectivity index (χ1v) is 10.0. The first-order valence-electron chi connectivity index (χ1n) is 10.0. The van der Waals surface area contributed by atoms with Crippen molar-refractivity contribution in [2.45, 2.75) is 25.5 Å². The number of nitrogens with one attached hydrogen (secondary N) is 1. The summed E-state index contributed by atoms with van der Waals surface area (Å²) in [6.45, 7) is 2.49. The Hall–Kier alpha value is -2.29. The molecule has 1 amide bonds. The Labute approximate surface area is 196 Å². The monoisotopic (exact) mass is 522 g/mol. The van der Waals surface area contributed by atoms with E-state index >= 15 is 0 Å². The molecule has 0 bridgehead atoms. The van der Waals surface area contributed by atoms with E-state index in [2.05, 4.69) is 15.2 Å². The van der Waals surface area contributed by atoms with Crippen LogP contribution in [0.15, 0.2) is 59.6 Å². The quantitative estimate of drug-likeness (QED) is 0.371. The predicted octanol–water partition coefficient (Wildman–Crippen LogP) is 3.63. The van der Waals surface area contributed by atoms with Crippen molar-refractivity contribution >= 4 is 35.8 Å². The summed E-state index contributed by atoms with van der Waals surface area (Å²) in [5, 5.41) is 3.43. The maximum Gasteiger partial charge on any atom is 0.253 e. The molecule has 0 unspecified atom stereocenters. The maximum atomic E-state index is 12.0. The van der Waals surface area contributed by atoms with E-state index in [1.807, 2.05) is 61.6 Å². The summed E-state index contributed by atoms with van der Waals surface area (Å²) in [5.74, 6) is 1.85. The standard InChI is InChI=1S/C23H30N4O2.HI/c1-24-23(25-17-18-9-11-19(12-10-18)22(28)26(2)3)27-15-13-21(14-16-27)29-20-7-5-4-6-8-20;/h4-12,21H,13-17H2,1-3H3,(H,24,25);1H. The van der Waals surface area contributed by atoms with E-state index in [-0.39, 0.29) is 36.0 Å². The maximum absolute atomic E-state index is 12.0. The molecule has 1 aliphatic rings. The van der Waals surface area contributed by atoms with Gasteiger partial charge in [0.05, 0.1) is 0 Å². The fourth-order valence-electron chi connectivity index (χ4n) is 3.41. The van der Waals surface area contributed by atoms with Gasteiger partial charge in [0.2, 0.25) is 0 Å². The second kappa shape index (κ2) is 11.8. The SMILES string of the molecule is CN=C(NCc1ccc(C(=O)N(C)C)cc1)N1CCC(Oc2ccccc2)CC1.I. The average Bonchev–Trinajstić information content (AvgIpc) is 2.76. The molecule has 30 heavy (non-hydrogen) atoms. The second-order valence-electron chi connectivity index (χ2n) is 7.41. The average molecular weight is 522 g/mol. The summed E-state index contributed by atoms with van der Waals surface area (Å²) in [4.78, 5) is 20.3. The Morgan fingerprint density at radius 1 is 1.10 bits per heavy atom. The molecule has 3 rings (SSSR count). The molecule has 1 N–H and O–H groups in total. The van der Waals surface area contributed by atoms with Crippen LogP contribution in [0.5, 0.6) is 5.75 Å². The fourth-order valence-corrected chi connectivity index (χ4v) is 3.41. The van der Waals surface area contributed by atoms with Crippen molar-refractivity contribution in [2.24, 2.45) is 4.99 Å². The van der Waals surface area contributed by atoms with Crippen molar-refractivity contribution in [3.05, 3.63) is 65.7 Å². The number of amides is 1. The zero-order chi connectivity index (χ0) is 20.6. The van der Waals surface area contributed by atoms with Gasteiger partial charge in [-0.2, -0.15) is 0 Å². The van der Waals surface area contributed by atoms with Gasteiger partial charge < -0.3 is 19.9 Å². The Morgan fingerprint density at radius 2 is 1.73 bits per heavy atom. The molecule has 0 spiro atoms. The molecule has 0 saturated carbocycles. The molecule has 0 aliphatic carbocycles. The van der Waals surface area contributed by atoms with E-state index in [1.165, 1.54) is 0 Å². The smallest absolute Gasteiger partial charge is 0.253 e. The number of hydrogen-bond donors (Lipinski definition) is 1. The normalized spacial score (nSPS) is 14.6. The Morgan fingerprint density at radius 3 is 2.30 bits per heavy atom. The van der Waals surface area contributed by atoms with Crippen LogP contribution in [0.25, 0.3) is 0 Å². The van der Waals surface area contributed by atoms with Crippen molar-refractivity contribution in [3.63, 3.8) is 0 Å². The van der Waals surface area contributed by atoms with Crippen LogP contribution in [0, 0.1) is 0 Å². The summed E-state index contributed by atoms with van der Waals surface area (Å²) in [5.41, 5.74) is 1.81. The summed E-state index contributed by atoms with van der Waals surface area (Å²) in [6.07, 6.45) is 2.18. The molecule has 6 nitrogen and oxygen atoms in total. The largest absolute Gasteiger partial charge is 0.490 e. The minimum Gasteiger partial charge on any atom is -0.490 e. The zero-order valence-corrected chi connectivity index (χ0v) is 20.2. The molecule has 1 saturated heterocycles. The van der Waals surface area contributed by atoms with Gasteiger partial charge in [0.1, 0.15) is 11.9 Å². The molecule has 162 valence electrons. The van der Waals surface area contributed by atoms with E-state index in [0.29, 0.717) is 12.1 Å². The number of carbonyl (C=O) groups excluding carboxylic acids is 1. The number of rotatable bonds is 5. The van der Waals surface area contributed by atoms with Crippen LogP contribution in [0.3, 0.4) is 0 Å². The lowest BCUT2D eigenvalue weighted by molar-refractivity contribution is 0.0827. The highest BCUT2D eigenvalue weighted by Gasteiger charge is 2.22. The van der Waals surface area contributed by atoms with E-state index < -0.39 is 0 Å². The van der Waals surface area contributed by atoms with Crippen molar-refractivity contribution in [2.75, 3.05) is 34.2 Å². The number of para-hydroxylation sites is 1. The van der Waals surface area contributed by atoms with E-state index in [4.69, 9.17) is 4.74 Å². The van der Waals surface area contributed by atoms with Gasteiger partial charge in [0.25, 0.3) is 5.91 Å². The molecule has 2 aromatic rings. The Bertz CT molecular complexity index is 817. The third-order valence-electron chi connectivity index (χ3n) is 5.06. The van der Waals surface area contributed by atoms with E-state index in [1.54, 1.807) is 19.0 Å². The molecule has 1 aliphatic heterocycles. The van der Waals surface area contributed by atoms with Crippen LogP contribution >= 0.6 is 24.0 Å². The lowest BCUT2D eigenvalue weighted by Crippen LogP contribution is -2.47.